The van der Waals surface area contributed by atoms with Crippen molar-refractivity contribution in [3.05, 3.63) is 12.7 Å². The third kappa shape index (κ3) is 5.67. The van der Waals surface area contributed by atoms with Crippen LogP contribution in [0.3, 0.4) is 0 Å². The molecule has 4 heteroatoms. The summed E-state index contributed by atoms with van der Waals surface area (Å²) in [5.74, 6) is -0.559. The lowest BCUT2D eigenvalue weighted by Gasteiger charge is -2.34. The van der Waals surface area contributed by atoms with Crippen molar-refractivity contribution >= 4 is 11.9 Å². The summed E-state index contributed by atoms with van der Waals surface area (Å²) in [6.07, 6.45) is 7.69. The molecule has 0 aromatic rings. The Morgan fingerprint density at radius 2 is 1.83 bits per heavy atom. The number of hydrogen-bond donors (Lipinski definition) is 0. The smallest absolute Gasteiger partial charge is 0.311 e. The average molecular weight is 324 g/mol. The van der Waals surface area contributed by atoms with Crippen LogP contribution >= 0.6 is 0 Å². The first kappa shape index (κ1) is 19.7. The number of ether oxygens (including phenoxy) is 2. The van der Waals surface area contributed by atoms with Crippen LogP contribution < -0.4 is 0 Å². The molecule has 0 N–H and O–H groups in total. The van der Waals surface area contributed by atoms with Gasteiger partial charge in [-0.1, -0.05) is 26.8 Å². The number of esters is 2. The molecule has 0 bridgehead atoms. The SMILES string of the molecule is C=CC1(OC(=O)CC(CC)OC(=O)C(C)(C)CC)CCCCC1. The molecule has 0 aromatic heterocycles. The van der Waals surface area contributed by atoms with Crippen molar-refractivity contribution in [3.63, 3.8) is 0 Å². The zero-order valence-corrected chi connectivity index (χ0v) is 15.2. The molecule has 132 valence electrons. The maximum Gasteiger partial charge on any atom is 0.311 e. The fraction of sp³-hybridized carbons (Fsp3) is 0.789. The van der Waals surface area contributed by atoms with Crippen molar-refractivity contribution in [1.29, 1.82) is 0 Å². The molecule has 0 aromatic carbocycles. The molecule has 1 unspecified atom stereocenters. The molecule has 1 atom stereocenters. The second-order valence-corrected chi connectivity index (χ2v) is 7.18. The quantitative estimate of drug-likeness (QED) is 0.485. The molecule has 0 spiro atoms. The monoisotopic (exact) mass is 324 g/mol. The normalized spacial score (nSPS) is 18.8. The van der Waals surface area contributed by atoms with E-state index in [-0.39, 0.29) is 18.4 Å². The second-order valence-electron chi connectivity index (χ2n) is 7.18. The van der Waals surface area contributed by atoms with Crippen molar-refractivity contribution in [2.24, 2.45) is 5.41 Å². The summed E-state index contributed by atoms with van der Waals surface area (Å²) in [5, 5.41) is 0. The summed E-state index contributed by atoms with van der Waals surface area (Å²) in [4.78, 5) is 24.4. The summed E-state index contributed by atoms with van der Waals surface area (Å²) >= 11 is 0. The van der Waals surface area contributed by atoms with Crippen LogP contribution in [-0.2, 0) is 19.1 Å². The Bertz CT molecular complexity index is 419. The van der Waals surface area contributed by atoms with E-state index in [4.69, 9.17) is 9.47 Å². The molecule has 1 aliphatic rings. The predicted octanol–water partition coefficient (Wildman–Crippen LogP) is 4.57. The van der Waals surface area contributed by atoms with E-state index < -0.39 is 17.1 Å². The van der Waals surface area contributed by atoms with E-state index in [1.165, 1.54) is 6.42 Å². The van der Waals surface area contributed by atoms with E-state index in [9.17, 15) is 9.59 Å². The highest BCUT2D eigenvalue weighted by molar-refractivity contribution is 5.77. The van der Waals surface area contributed by atoms with Gasteiger partial charge in [-0.25, -0.2) is 0 Å². The first-order valence-electron chi connectivity index (χ1n) is 8.85. The Labute approximate surface area is 140 Å². The van der Waals surface area contributed by atoms with E-state index in [1.54, 1.807) is 6.08 Å². The second kappa shape index (κ2) is 8.51. The molecule has 0 saturated heterocycles. The van der Waals surface area contributed by atoms with Crippen molar-refractivity contribution in [1.82, 2.24) is 0 Å². The zero-order chi connectivity index (χ0) is 17.5. The summed E-state index contributed by atoms with van der Waals surface area (Å²) in [7, 11) is 0. The van der Waals surface area contributed by atoms with Gasteiger partial charge in [0.1, 0.15) is 11.7 Å². The van der Waals surface area contributed by atoms with Crippen LogP contribution in [0.15, 0.2) is 12.7 Å². The van der Waals surface area contributed by atoms with Crippen LogP contribution in [0, 0.1) is 5.41 Å². The van der Waals surface area contributed by atoms with Crippen molar-refractivity contribution in [2.45, 2.75) is 90.8 Å². The van der Waals surface area contributed by atoms with Gasteiger partial charge in [-0.15, -0.1) is 0 Å². The maximum atomic E-state index is 12.3. The third-order valence-electron chi connectivity index (χ3n) is 4.95. The standard InChI is InChI=1S/C19H32O4/c1-6-15(22-17(21)18(4,5)7-2)14-16(20)23-19(8-3)12-10-9-11-13-19/h8,15H,3,6-7,9-14H2,1-2,4-5H3. The predicted molar refractivity (Wildman–Crippen MR) is 91.0 cm³/mol. The molecule has 1 rings (SSSR count). The molecule has 1 aliphatic carbocycles. The Kier molecular flexibility index (Phi) is 7.30. The van der Waals surface area contributed by atoms with Crippen LogP contribution in [-0.4, -0.2) is 23.6 Å². The van der Waals surface area contributed by atoms with E-state index >= 15 is 0 Å². The van der Waals surface area contributed by atoms with Gasteiger partial charge in [0.25, 0.3) is 0 Å². The minimum atomic E-state index is -0.527. The van der Waals surface area contributed by atoms with Gasteiger partial charge in [-0.05, 0) is 58.4 Å². The van der Waals surface area contributed by atoms with E-state index in [0.29, 0.717) is 12.8 Å². The molecule has 0 heterocycles. The molecule has 4 nitrogen and oxygen atoms in total. The lowest BCUT2D eigenvalue weighted by atomic mass is 9.85. The fourth-order valence-corrected chi connectivity index (χ4v) is 2.68. The minimum absolute atomic E-state index is 0.109. The van der Waals surface area contributed by atoms with Gasteiger partial charge >= 0.3 is 11.9 Å². The van der Waals surface area contributed by atoms with Gasteiger partial charge in [-0.3, -0.25) is 9.59 Å². The number of hydrogen-bond acceptors (Lipinski definition) is 4. The minimum Gasteiger partial charge on any atom is -0.461 e. The first-order valence-corrected chi connectivity index (χ1v) is 8.85. The summed E-state index contributed by atoms with van der Waals surface area (Å²) in [5.41, 5.74) is -1.05. The van der Waals surface area contributed by atoms with E-state index in [2.05, 4.69) is 6.58 Å². The Morgan fingerprint density at radius 3 is 2.30 bits per heavy atom. The average Bonchev–Trinajstić information content (AvgIpc) is 2.54. The Hall–Kier alpha value is -1.32. The van der Waals surface area contributed by atoms with Crippen LogP contribution in [0.25, 0.3) is 0 Å². The maximum absolute atomic E-state index is 12.3. The molecule has 1 saturated carbocycles. The van der Waals surface area contributed by atoms with E-state index in [0.717, 1.165) is 25.7 Å². The largest absolute Gasteiger partial charge is 0.461 e. The molecule has 23 heavy (non-hydrogen) atoms. The lowest BCUT2D eigenvalue weighted by Crippen LogP contribution is -2.37. The number of rotatable bonds is 8. The molecule has 0 aliphatic heterocycles. The van der Waals surface area contributed by atoms with E-state index in [1.807, 2.05) is 27.7 Å². The Balaban J connectivity index is 2.59. The van der Waals surface area contributed by atoms with Crippen molar-refractivity contribution < 1.29 is 19.1 Å². The fourth-order valence-electron chi connectivity index (χ4n) is 2.68. The summed E-state index contributed by atoms with van der Waals surface area (Å²) < 4.78 is 11.2. The van der Waals surface area contributed by atoms with Crippen LogP contribution in [0.4, 0.5) is 0 Å². The number of carbonyl (C=O) groups is 2. The molecule has 0 radical (unpaired) electrons. The van der Waals surface area contributed by atoms with Crippen LogP contribution in [0.1, 0.15) is 79.1 Å². The van der Waals surface area contributed by atoms with Gasteiger partial charge in [0.15, 0.2) is 0 Å². The molecular formula is C19H32O4. The van der Waals surface area contributed by atoms with Crippen LogP contribution in [0.2, 0.25) is 0 Å². The summed E-state index contributed by atoms with van der Waals surface area (Å²) in [6, 6.07) is 0. The van der Waals surface area contributed by atoms with Gasteiger partial charge < -0.3 is 9.47 Å². The Morgan fingerprint density at radius 1 is 1.22 bits per heavy atom. The number of carbonyl (C=O) groups excluding carboxylic acids is 2. The lowest BCUT2D eigenvalue weighted by molar-refractivity contribution is -0.168. The van der Waals surface area contributed by atoms with Crippen molar-refractivity contribution in [2.75, 3.05) is 0 Å². The molecular weight excluding hydrogens is 292 g/mol. The van der Waals surface area contributed by atoms with Gasteiger partial charge in [0.2, 0.25) is 0 Å². The molecule has 0 amide bonds. The third-order valence-corrected chi connectivity index (χ3v) is 4.95. The highest BCUT2D eigenvalue weighted by atomic mass is 16.6. The van der Waals surface area contributed by atoms with Crippen molar-refractivity contribution in [3.8, 4) is 0 Å². The molecule has 1 fully saturated rings. The topological polar surface area (TPSA) is 52.6 Å². The highest BCUT2D eigenvalue weighted by Gasteiger charge is 2.34. The first-order chi connectivity index (χ1) is 10.8. The summed E-state index contributed by atoms with van der Waals surface area (Å²) in [6.45, 7) is 11.4. The van der Waals surface area contributed by atoms with Crippen LogP contribution in [0.5, 0.6) is 0 Å². The van der Waals surface area contributed by atoms with Gasteiger partial charge in [0.05, 0.1) is 11.8 Å². The zero-order valence-electron chi connectivity index (χ0n) is 15.2. The van der Waals surface area contributed by atoms with Gasteiger partial charge in [-0.2, -0.15) is 0 Å². The van der Waals surface area contributed by atoms with Gasteiger partial charge in [0, 0.05) is 0 Å². The highest BCUT2D eigenvalue weighted by Crippen LogP contribution is 2.33.